The second kappa shape index (κ2) is 8.17. The molecule has 0 fully saturated rings. The lowest BCUT2D eigenvalue weighted by molar-refractivity contribution is 0.0949. The SMILES string of the molecule is CC(C)CNC(=O)c1ccc(OCc2ccccc2)c(I)c1. The van der Waals surface area contributed by atoms with Gasteiger partial charge in [0.15, 0.2) is 0 Å². The maximum Gasteiger partial charge on any atom is 0.251 e. The lowest BCUT2D eigenvalue weighted by Gasteiger charge is -2.11. The average Bonchev–Trinajstić information content (AvgIpc) is 2.52. The Morgan fingerprint density at radius 1 is 1.18 bits per heavy atom. The van der Waals surface area contributed by atoms with E-state index in [1.165, 1.54) is 0 Å². The predicted molar refractivity (Wildman–Crippen MR) is 97.1 cm³/mol. The molecule has 0 bridgehead atoms. The zero-order chi connectivity index (χ0) is 15.9. The van der Waals surface area contributed by atoms with Crippen molar-refractivity contribution in [1.29, 1.82) is 0 Å². The van der Waals surface area contributed by atoms with E-state index in [4.69, 9.17) is 4.74 Å². The summed E-state index contributed by atoms with van der Waals surface area (Å²) >= 11 is 2.20. The quantitative estimate of drug-likeness (QED) is 0.725. The van der Waals surface area contributed by atoms with Crippen LogP contribution in [-0.4, -0.2) is 12.5 Å². The number of halogens is 1. The molecule has 2 rings (SSSR count). The summed E-state index contributed by atoms with van der Waals surface area (Å²) in [7, 11) is 0. The topological polar surface area (TPSA) is 38.3 Å². The molecule has 0 unspecified atom stereocenters. The predicted octanol–water partition coefficient (Wildman–Crippen LogP) is 4.26. The summed E-state index contributed by atoms with van der Waals surface area (Å²) in [6.45, 7) is 5.35. The molecular formula is C18H20INO2. The Morgan fingerprint density at radius 3 is 2.55 bits per heavy atom. The van der Waals surface area contributed by atoms with E-state index in [0.29, 0.717) is 24.6 Å². The summed E-state index contributed by atoms with van der Waals surface area (Å²) < 4.78 is 6.75. The molecule has 0 heterocycles. The molecule has 0 aliphatic heterocycles. The van der Waals surface area contributed by atoms with Crippen molar-refractivity contribution < 1.29 is 9.53 Å². The first-order valence-electron chi connectivity index (χ1n) is 7.30. The number of hydrogen-bond acceptors (Lipinski definition) is 2. The molecular weight excluding hydrogens is 389 g/mol. The molecule has 22 heavy (non-hydrogen) atoms. The molecule has 116 valence electrons. The van der Waals surface area contributed by atoms with Gasteiger partial charge in [0, 0.05) is 12.1 Å². The van der Waals surface area contributed by atoms with Gasteiger partial charge in [-0.3, -0.25) is 4.79 Å². The number of ether oxygens (including phenoxy) is 1. The monoisotopic (exact) mass is 409 g/mol. The van der Waals surface area contributed by atoms with Crippen molar-refractivity contribution in [2.75, 3.05) is 6.54 Å². The van der Waals surface area contributed by atoms with E-state index in [1.807, 2.05) is 42.5 Å². The van der Waals surface area contributed by atoms with Crippen LogP contribution >= 0.6 is 22.6 Å². The van der Waals surface area contributed by atoms with Gasteiger partial charge in [-0.25, -0.2) is 0 Å². The fourth-order valence-corrected chi connectivity index (χ4v) is 2.56. The molecule has 2 aromatic carbocycles. The number of nitrogens with one attached hydrogen (secondary N) is 1. The normalized spacial score (nSPS) is 10.5. The fraction of sp³-hybridized carbons (Fsp3) is 0.278. The van der Waals surface area contributed by atoms with Crippen LogP contribution in [0.3, 0.4) is 0 Å². The summed E-state index contributed by atoms with van der Waals surface area (Å²) in [6.07, 6.45) is 0. The maximum absolute atomic E-state index is 12.0. The number of rotatable bonds is 6. The molecule has 0 radical (unpaired) electrons. The molecule has 1 amide bonds. The first-order valence-corrected chi connectivity index (χ1v) is 8.38. The Labute approximate surface area is 145 Å². The van der Waals surface area contributed by atoms with Crippen molar-refractivity contribution in [3.63, 3.8) is 0 Å². The van der Waals surface area contributed by atoms with Crippen molar-refractivity contribution in [3.05, 3.63) is 63.2 Å². The summed E-state index contributed by atoms with van der Waals surface area (Å²) in [5.74, 6) is 1.20. The fourth-order valence-electron chi connectivity index (χ4n) is 1.89. The van der Waals surface area contributed by atoms with E-state index in [0.717, 1.165) is 14.9 Å². The molecule has 0 aliphatic rings. The zero-order valence-corrected chi connectivity index (χ0v) is 15.0. The summed E-state index contributed by atoms with van der Waals surface area (Å²) in [4.78, 5) is 12.0. The van der Waals surface area contributed by atoms with E-state index in [1.54, 1.807) is 6.07 Å². The van der Waals surface area contributed by atoms with Gasteiger partial charge in [0.05, 0.1) is 3.57 Å². The third kappa shape index (κ3) is 5.02. The second-order valence-corrected chi connectivity index (χ2v) is 6.69. The molecule has 0 aliphatic carbocycles. The van der Waals surface area contributed by atoms with Gasteiger partial charge in [-0.1, -0.05) is 44.2 Å². The van der Waals surface area contributed by atoms with Crippen molar-refractivity contribution in [3.8, 4) is 5.75 Å². The zero-order valence-electron chi connectivity index (χ0n) is 12.8. The summed E-state index contributed by atoms with van der Waals surface area (Å²) in [6, 6.07) is 15.5. The smallest absolute Gasteiger partial charge is 0.251 e. The third-order valence-electron chi connectivity index (χ3n) is 3.10. The third-order valence-corrected chi connectivity index (χ3v) is 3.95. The lowest BCUT2D eigenvalue weighted by Crippen LogP contribution is -2.27. The molecule has 3 nitrogen and oxygen atoms in total. The first kappa shape index (κ1) is 16.8. The van der Waals surface area contributed by atoms with Crippen molar-refractivity contribution in [1.82, 2.24) is 5.32 Å². The molecule has 1 N–H and O–H groups in total. The summed E-state index contributed by atoms with van der Waals surface area (Å²) in [5.41, 5.74) is 1.79. The Bertz CT molecular complexity index is 626. The van der Waals surface area contributed by atoms with Crippen molar-refractivity contribution >= 4 is 28.5 Å². The van der Waals surface area contributed by atoms with Gasteiger partial charge in [-0.15, -0.1) is 0 Å². The van der Waals surface area contributed by atoms with Crippen LogP contribution in [0.1, 0.15) is 29.8 Å². The van der Waals surface area contributed by atoms with E-state index >= 15 is 0 Å². The van der Waals surface area contributed by atoms with Crippen molar-refractivity contribution in [2.45, 2.75) is 20.5 Å². The Hall–Kier alpha value is -1.56. The van der Waals surface area contributed by atoms with Crippen LogP contribution in [-0.2, 0) is 6.61 Å². The van der Waals surface area contributed by atoms with Crippen LogP contribution in [0.4, 0.5) is 0 Å². The van der Waals surface area contributed by atoms with Crippen LogP contribution in [0.2, 0.25) is 0 Å². The van der Waals surface area contributed by atoms with Gasteiger partial charge in [0.1, 0.15) is 12.4 Å². The largest absolute Gasteiger partial charge is 0.488 e. The average molecular weight is 409 g/mol. The number of carbonyl (C=O) groups excluding carboxylic acids is 1. The maximum atomic E-state index is 12.0. The molecule has 0 atom stereocenters. The van der Waals surface area contributed by atoms with E-state index in [9.17, 15) is 4.79 Å². The Kier molecular flexibility index (Phi) is 6.24. The van der Waals surface area contributed by atoms with E-state index < -0.39 is 0 Å². The molecule has 2 aromatic rings. The van der Waals surface area contributed by atoms with Crippen LogP contribution < -0.4 is 10.1 Å². The van der Waals surface area contributed by atoms with Crippen LogP contribution in [0.15, 0.2) is 48.5 Å². The highest BCUT2D eigenvalue weighted by Gasteiger charge is 2.09. The highest BCUT2D eigenvalue weighted by Crippen LogP contribution is 2.23. The number of hydrogen-bond donors (Lipinski definition) is 1. The molecule has 0 aromatic heterocycles. The summed E-state index contributed by atoms with van der Waals surface area (Å²) in [5, 5.41) is 2.92. The highest BCUT2D eigenvalue weighted by molar-refractivity contribution is 14.1. The standard InChI is InChI=1S/C18H20INO2/c1-13(2)11-20-18(21)15-8-9-17(16(19)10-15)22-12-14-6-4-3-5-7-14/h3-10,13H,11-12H2,1-2H3,(H,20,21). The Morgan fingerprint density at radius 2 is 1.91 bits per heavy atom. The van der Waals surface area contributed by atoms with E-state index in [-0.39, 0.29) is 5.91 Å². The first-order chi connectivity index (χ1) is 10.6. The molecule has 0 saturated heterocycles. The lowest BCUT2D eigenvalue weighted by atomic mass is 10.2. The number of carbonyl (C=O) groups is 1. The molecule has 0 saturated carbocycles. The Balaban J connectivity index is 1.98. The minimum absolute atomic E-state index is 0.0405. The van der Waals surface area contributed by atoms with Gasteiger partial charge >= 0.3 is 0 Å². The van der Waals surface area contributed by atoms with Gasteiger partial charge in [-0.05, 0) is 52.3 Å². The van der Waals surface area contributed by atoms with Gasteiger partial charge in [-0.2, -0.15) is 0 Å². The van der Waals surface area contributed by atoms with Gasteiger partial charge in [0.2, 0.25) is 0 Å². The number of benzene rings is 2. The van der Waals surface area contributed by atoms with E-state index in [2.05, 4.69) is 41.8 Å². The molecule has 0 spiro atoms. The minimum atomic E-state index is -0.0405. The highest BCUT2D eigenvalue weighted by atomic mass is 127. The van der Waals surface area contributed by atoms with Gasteiger partial charge in [0.25, 0.3) is 5.91 Å². The van der Waals surface area contributed by atoms with Gasteiger partial charge < -0.3 is 10.1 Å². The second-order valence-electron chi connectivity index (χ2n) is 5.52. The molecule has 4 heteroatoms. The minimum Gasteiger partial charge on any atom is -0.488 e. The van der Waals surface area contributed by atoms with Crippen molar-refractivity contribution in [2.24, 2.45) is 5.92 Å². The van der Waals surface area contributed by atoms with Crippen LogP contribution in [0, 0.1) is 9.49 Å². The van der Waals surface area contributed by atoms with Crippen LogP contribution in [0.5, 0.6) is 5.75 Å². The number of amides is 1. The van der Waals surface area contributed by atoms with Crippen LogP contribution in [0.25, 0.3) is 0 Å².